The minimum Gasteiger partial charge on any atom is -0.371 e. The predicted octanol–water partition coefficient (Wildman–Crippen LogP) is 2.95. The molecule has 0 bridgehead atoms. The van der Waals surface area contributed by atoms with Gasteiger partial charge in [-0.2, -0.15) is 5.26 Å². The highest BCUT2D eigenvalue weighted by Gasteiger charge is 2.13. The van der Waals surface area contributed by atoms with Crippen LogP contribution in [0, 0.1) is 11.3 Å². The molecule has 5 nitrogen and oxygen atoms in total. The first-order valence-electron chi connectivity index (χ1n) is 7.67. The fourth-order valence-corrected chi connectivity index (χ4v) is 2.78. The molecular formula is C17H19N5. The predicted molar refractivity (Wildman–Crippen MR) is 86.6 cm³/mol. The van der Waals surface area contributed by atoms with Gasteiger partial charge in [0, 0.05) is 25.3 Å². The van der Waals surface area contributed by atoms with E-state index in [0.717, 1.165) is 13.1 Å². The van der Waals surface area contributed by atoms with Crippen LogP contribution in [0.1, 0.15) is 30.5 Å². The molecule has 0 radical (unpaired) electrons. The number of rotatable bonds is 4. The topological polar surface area (TPSA) is 64.8 Å². The van der Waals surface area contributed by atoms with Crippen LogP contribution in [0.4, 0.5) is 11.5 Å². The zero-order chi connectivity index (χ0) is 15.2. The summed E-state index contributed by atoms with van der Waals surface area (Å²) < 4.78 is 0. The number of aromatic nitrogens is 2. The molecule has 0 saturated carbocycles. The zero-order valence-corrected chi connectivity index (χ0v) is 12.5. The molecule has 112 valence electrons. The van der Waals surface area contributed by atoms with Crippen molar-refractivity contribution in [1.29, 1.82) is 5.26 Å². The Morgan fingerprint density at radius 1 is 1.05 bits per heavy atom. The molecule has 22 heavy (non-hydrogen) atoms. The van der Waals surface area contributed by atoms with Crippen molar-refractivity contribution in [2.75, 3.05) is 23.3 Å². The third-order valence-electron chi connectivity index (χ3n) is 3.93. The molecule has 1 aromatic carbocycles. The van der Waals surface area contributed by atoms with Crippen molar-refractivity contribution in [2.45, 2.75) is 25.8 Å². The molecule has 0 unspecified atom stereocenters. The fraction of sp³-hybridized carbons (Fsp3) is 0.353. The van der Waals surface area contributed by atoms with E-state index in [1.54, 1.807) is 12.1 Å². The molecule has 1 fully saturated rings. The third kappa shape index (κ3) is 3.34. The summed E-state index contributed by atoms with van der Waals surface area (Å²) in [6.45, 7) is 2.97. The van der Waals surface area contributed by atoms with Crippen LogP contribution in [0.5, 0.6) is 0 Å². The number of nitrogens with zero attached hydrogens (tertiary/aromatic N) is 4. The maximum atomic E-state index is 8.74. The number of hydrogen-bond acceptors (Lipinski definition) is 5. The summed E-state index contributed by atoms with van der Waals surface area (Å²) in [4.78, 5) is 2.46. The summed E-state index contributed by atoms with van der Waals surface area (Å²) in [5.74, 6) is 0.687. The Hall–Kier alpha value is -2.61. The molecule has 1 aliphatic rings. The van der Waals surface area contributed by atoms with E-state index in [2.05, 4.69) is 44.7 Å². The summed E-state index contributed by atoms with van der Waals surface area (Å²) in [5, 5.41) is 19.9. The Morgan fingerprint density at radius 2 is 1.86 bits per heavy atom. The summed E-state index contributed by atoms with van der Waals surface area (Å²) in [6, 6.07) is 13.9. The number of para-hydroxylation sites is 1. The summed E-state index contributed by atoms with van der Waals surface area (Å²) in [7, 11) is 0. The second-order valence-electron chi connectivity index (χ2n) is 5.45. The number of benzene rings is 1. The van der Waals surface area contributed by atoms with Crippen LogP contribution < -0.4 is 10.2 Å². The van der Waals surface area contributed by atoms with E-state index in [4.69, 9.17) is 5.26 Å². The molecular weight excluding hydrogens is 274 g/mol. The maximum Gasteiger partial charge on any atom is 0.163 e. The molecule has 0 atom stereocenters. The summed E-state index contributed by atoms with van der Waals surface area (Å²) in [6.07, 6.45) is 3.86. The van der Waals surface area contributed by atoms with Crippen LogP contribution in [-0.2, 0) is 6.54 Å². The average molecular weight is 293 g/mol. The second kappa shape index (κ2) is 6.90. The highest BCUT2D eigenvalue weighted by atomic mass is 15.2. The van der Waals surface area contributed by atoms with Crippen LogP contribution >= 0.6 is 0 Å². The molecule has 0 spiro atoms. The van der Waals surface area contributed by atoms with Crippen molar-refractivity contribution in [2.24, 2.45) is 0 Å². The van der Waals surface area contributed by atoms with Gasteiger partial charge in [0.15, 0.2) is 5.69 Å². The molecule has 0 aliphatic carbocycles. The smallest absolute Gasteiger partial charge is 0.163 e. The Bertz CT molecular complexity index is 653. The lowest BCUT2D eigenvalue weighted by molar-refractivity contribution is 0.576. The van der Waals surface area contributed by atoms with Gasteiger partial charge in [0.1, 0.15) is 11.9 Å². The van der Waals surface area contributed by atoms with Crippen molar-refractivity contribution in [3.63, 3.8) is 0 Å². The third-order valence-corrected chi connectivity index (χ3v) is 3.93. The summed E-state index contributed by atoms with van der Waals surface area (Å²) >= 11 is 0. The first kappa shape index (κ1) is 14.3. The van der Waals surface area contributed by atoms with Gasteiger partial charge in [0.25, 0.3) is 0 Å². The molecule has 0 amide bonds. The monoisotopic (exact) mass is 293 g/mol. The number of hydrogen-bond donors (Lipinski definition) is 1. The highest BCUT2D eigenvalue weighted by Crippen LogP contribution is 2.24. The van der Waals surface area contributed by atoms with Crippen LogP contribution in [0.2, 0.25) is 0 Å². The van der Waals surface area contributed by atoms with Crippen LogP contribution in [-0.4, -0.2) is 23.3 Å². The van der Waals surface area contributed by atoms with E-state index >= 15 is 0 Å². The highest BCUT2D eigenvalue weighted by molar-refractivity contribution is 5.55. The lowest BCUT2D eigenvalue weighted by Gasteiger charge is -2.30. The molecule has 1 N–H and O–H groups in total. The Balaban J connectivity index is 1.70. The van der Waals surface area contributed by atoms with E-state index in [1.165, 1.54) is 30.5 Å². The van der Waals surface area contributed by atoms with Gasteiger partial charge < -0.3 is 10.2 Å². The van der Waals surface area contributed by atoms with E-state index in [1.807, 2.05) is 6.07 Å². The van der Waals surface area contributed by atoms with E-state index in [0.29, 0.717) is 18.1 Å². The van der Waals surface area contributed by atoms with Gasteiger partial charge in [0.2, 0.25) is 0 Å². The lowest BCUT2D eigenvalue weighted by Crippen LogP contribution is -2.30. The molecule has 1 saturated heterocycles. The van der Waals surface area contributed by atoms with Gasteiger partial charge in [-0.3, -0.25) is 0 Å². The van der Waals surface area contributed by atoms with Crippen molar-refractivity contribution < 1.29 is 0 Å². The minimum atomic E-state index is 0.333. The SMILES string of the molecule is N#Cc1ccc(NCc2ccccc2N2CCCCC2)nn1. The van der Waals surface area contributed by atoms with E-state index in [-0.39, 0.29) is 0 Å². The Morgan fingerprint density at radius 3 is 2.59 bits per heavy atom. The van der Waals surface area contributed by atoms with Crippen LogP contribution in [0.3, 0.4) is 0 Å². The molecule has 1 aliphatic heterocycles. The van der Waals surface area contributed by atoms with Gasteiger partial charge in [-0.25, -0.2) is 0 Å². The van der Waals surface area contributed by atoms with Crippen molar-refractivity contribution >= 4 is 11.5 Å². The fourth-order valence-electron chi connectivity index (χ4n) is 2.78. The first-order chi connectivity index (χ1) is 10.9. The minimum absolute atomic E-state index is 0.333. The Labute approximate surface area is 130 Å². The number of nitrogens with one attached hydrogen (secondary N) is 1. The van der Waals surface area contributed by atoms with Gasteiger partial charge >= 0.3 is 0 Å². The Kier molecular flexibility index (Phi) is 4.50. The number of anilines is 2. The maximum absolute atomic E-state index is 8.74. The van der Waals surface area contributed by atoms with E-state index in [9.17, 15) is 0 Å². The normalized spacial score (nSPS) is 14.4. The molecule has 5 heteroatoms. The standard InChI is InChI=1S/C17H19N5/c18-12-15-8-9-17(21-20-15)19-13-14-6-2-3-7-16(14)22-10-4-1-5-11-22/h2-3,6-9H,1,4-5,10-11,13H2,(H,19,21). The molecule has 1 aromatic heterocycles. The summed E-state index contributed by atoms with van der Waals surface area (Å²) in [5.41, 5.74) is 2.89. The van der Waals surface area contributed by atoms with E-state index < -0.39 is 0 Å². The number of piperidine rings is 1. The van der Waals surface area contributed by atoms with Crippen molar-refractivity contribution in [3.8, 4) is 6.07 Å². The van der Waals surface area contributed by atoms with Crippen molar-refractivity contribution in [3.05, 3.63) is 47.7 Å². The zero-order valence-electron chi connectivity index (χ0n) is 12.5. The molecule has 2 aromatic rings. The lowest BCUT2D eigenvalue weighted by atomic mass is 10.1. The van der Waals surface area contributed by atoms with Gasteiger partial charge in [-0.05, 0) is 43.0 Å². The van der Waals surface area contributed by atoms with Gasteiger partial charge in [-0.15, -0.1) is 10.2 Å². The van der Waals surface area contributed by atoms with Crippen molar-refractivity contribution in [1.82, 2.24) is 10.2 Å². The first-order valence-corrected chi connectivity index (χ1v) is 7.67. The van der Waals surface area contributed by atoms with Crippen LogP contribution in [0.15, 0.2) is 36.4 Å². The largest absolute Gasteiger partial charge is 0.371 e. The average Bonchev–Trinajstić information content (AvgIpc) is 2.61. The molecule has 3 rings (SSSR count). The second-order valence-corrected chi connectivity index (χ2v) is 5.45. The quantitative estimate of drug-likeness (QED) is 0.939. The van der Waals surface area contributed by atoms with Crippen LogP contribution in [0.25, 0.3) is 0 Å². The van der Waals surface area contributed by atoms with Gasteiger partial charge in [-0.1, -0.05) is 18.2 Å². The van der Waals surface area contributed by atoms with Gasteiger partial charge in [0.05, 0.1) is 0 Å². The number of nitriles is 1. The molecule has 2 heterocycles.